The molecule has 3 rings (SSSR count). The Morgan fingerprint density at radius 1 is 1.17 bits per heavy atom. The number of urea groups is 1. The van der Waals surface area contributed by atoms with Crippen LogP contribution in [0.5, 0.6) is 0 Å². The summed E-state index contributed by atoms with van der Waals surface area (Å²) < 4.78 is 0. The minimum atomic E-state index is -0.425. The van der Waals surface area contributed by atoms with E-state index in [0.717, 1.165) is 29.5 Å². The normalized spacial score (nSPS) is 16.2. The van der Waals surface area contributed by atoms with Gasteiger partial charge < -0.3 is 15.7 Å². The lowest BCUT2D eigenvalue weighted by Crippen LogP contribution is -2.41. The quantitative estimate of drug-likeness (QED) is 0.764. The fourth-order valence-electron chi connectivity index (χ4n) is 2.68. The lowest BCUT2D eigenvalue weighted by atomic mass is 10.0. The van der Waals surface area contributed by atoms with Crippen molar-refractivity contribution >= 4 is 6.03 Å². The Morgan fingerprint density at radius 3 is 2.42 bits per heavy atom. The molecule has 0 radical (unpaired) electrons. The maximum absolute atomic E-state index is 11.9. The number of aliphatic hydroxyl groups is 1. The number of nitrogens with zero attached hydrogens (tertiary/aromatic N) is 1. The molecule has 126 valence electrons. The second-order valence-corrected chi connectivity index (χ2v) is 6.34. The highest BCUT2D eigenvalue weighted by Crippen LogP contribution is 2.32. The Labute approximate surface area is 142 Å². The van der Waals surface area contributed by atoms with Crippen molar-refractivity contribution in [2.24, 2.45) is 5.92 Å². The number of aromatic nitrogens is 1. The highest BCUT2D eigenvalue weighted by Gasteiger charge is 2.29. The average molecular weight is 325 g/mol. The maximum Gasteiger partial charge on any atom is 0.315 e. The fourth-order valence-corrected chi connectivity index (χ4v) is 2.68. The third kappa shape index (κ3) is 4.32. The van der Waals surface area contributed by atoms with Crippen LogP contribution in [0.1, 0.15) is 31.4 Å². The number of carbonyl (C=O) groups excluding carboxylic acids is 1. The zero-order valence-electron chi connectivity index (χ0n) is 13.8. The molecule has 0 saturated heterocycles. The molecule has 5 heteroatoms. The summed E-state index contributed by atoms with van der Waals surface area (Å²) in [5, 5.41) is 15.4. The van der Waals surface area contributed by atoms with E-state index in [1.54, 1.807) is 12.4 Å². The number of rotatable bonds is 6. The molecule has 1 aliphatic rings. The topological polar surface area (TPSA) is 74.2 Å². The molecule has 2 amide bonds. The molecule has 0 aliphatic heterocycles. The van der Waals surface area contributed by atoms with Gasteiger partial charge in [-0.3, -0.25) is 4.98 Å². The van der Waals surface area contributed by atoms with Crippen molar-refractivity contribution in [3.05, 3.63) is 54.4 Å². The predicted molar refractivity (Wildman–Crippen MR) is 93.4 cm³/mol. The molecule has 1 aromatic heterocycles. The van der Waals surface area contributed by atoms with Gasteiger partial charge in [-0.05, 0) is 54.5 Å². The minimum Gasteiger partial charge on any atom is -0.391 e. The Bertz CT molecular complexity index is 669. The zero-order chi connectivity index (χ0) is 16.9. The summed E-state index contributed by atoms with van der Waals surface area (Å²) in [6.07, 6.45) is 5.24. The number of hydrogen-bond donors (Lipinski definition) is 3. The molecule has 1 saturated carbocycles. The molecule has 1 aliphatic carbocycles. The monoisotopic (exact) mass is 325 g/mol. The molecule has 24 heavy (non-hydrogen) atoms. The second kappa shape index (κ2) is 7.45. The molecule has 1 aromatic carbocycles. The van der Waals surface area contributed by atoms with Crippen molar-refractivity contribution in [3.8, 4) is 11.1 Å². The van der Waals surface area contributed by atoms with Crippen LogP contribution in [0.3, 0.4) is 0 Å². The minimum absolute atomic E-state index is 0.102. The van der Waals surface area contributed by atoms with E-state index < -0.39 is 6.10 Å². The molecule has 2 aromatic rings. The van der Waals surface area contributed by atoms with Gasteiger partial charge in [0.15, 0.2) is 0 Å². The van der Waals surface area contributed by atoms with Gasteiger partial charge in [-0.25, -0.2) is 4.79 Å². The standard InChI is InChI=1S/C19H23N3O2/c1-13(22-19(24)21-12-18(23)17-6-7-17)14-2-4-15(5-3-14)16-8-10-20-11-9-16/h2-5,8-11,13,17-18,23H,6-7,12H2,1H3,(H2,21,22,24)/t13-,18+/m0/s1. The SMILES string of the molecule is C[C@H](NC(=O)NC[C@@H](O)C1CC1)c1ccc(-c2ccncc2)cc1. The van der Waals surface area contributed by atoms with Crippen molar-refractivity contribution < 1.29 is 9.90 Å². The van der Waals surface area contributed by atoms with Crippen molar-refractivity contribution in [1.29, 1.82) is 0 Å². The van der Waals surface area contributed by atoms with Crippen LogP contribution in [0.4, 0.5) is 4.79 Å². The molecule has 3 N–H and O–H groups in total. The van der Waals surface area contributed by atoms with Gasteiger partial charge in [0.05, 0.1) is 12.1 Å². The molecule has 0 unspecified atom stereocenters. The molecule has 1 fully saturated rings. The lowest BCUT2D eigenvalue weighted by Gasteiger charge is -2.17. The maximum atomic E-state index is 11.9. The van der Waals surface area contributed by atoms with Crippen LogP contribution in [-0.2, 0) is 0 Å². The molecule has 2 atom stereocenters. The van der Waals surface area contributed by atoms with Crippen LogP contribution < -0.4 is 10.6 Å². The Balaban J connectivity index is 1.52. The summed E-state index contributed by atoms with van der Waals surface area (Å²) >= 11 is 0. The highest BCUT2D eigenvalue weighted by molar-refractivity contribution is 5.74. The first-order valence-electron chi connectivity index (χ1n) is 8.36. The van der Waals surface area contributed by atoms with Crippen molar-refractivity contribution in [3.63, 3.8) is 0 Å². The van der Waals surface area contributed by atoms with Crippen LogP contribution in [0.2, 0.25) is 0 Å². The van der Waals surface area contributed by atoms with Crippen LogP contribution in [0.25, 0.3) is 11.1 Å². The predicted octanol–water partition coefficient (Wildman–Crippen LogP) is 2.88. The summed E-state index contributed by atoms with van der Waals surface area (Å²) in [5.41, 5.74) is 3.26. The van der Waals surface area contributed by atoms with Gasteiger partial charge in [-0.1, -0.05) is 24.3 Å². The summed E-state index contributed by atoms with van der Waals surface area (Å²) in [5.74, 6) is 0.364. The van der Waals surface area contributed by atoms with Crippen LogP contribution in [0, 0.1) is 5.92 Å². The van der Waals surface area contributed by atoms with Gasteiger partial charge >= 0.3 is 6.03 Å². The molecule has 0 spiro atoms. The number of aliphatic hydroxyl groups excluding tert-OH is 1. The largest absolute Gasteiger partial charge is 0.391 e. The van der Waals surface area contributed by atoms with Gasteiger partial charge in [-0.2, -0.15) is 0 Å². The number of carbonyl (C=O) groups is 1. The number of hydrogen-bond acceptors (Lipinski definition) is 3. The van der Waals surface area contributed by atoms with Crippen LogP contribution in [-0.4, -0.2) is 28.8 Å². The van der Waals surface area contributed by atoms with E-state index in [0.29, 0.717) is 12.5 Å². The van der Waals surface area contributed by atoms with E-state index in [1.807, 2.05) is 43.3 Å². The van der Waals surface area contributed by atoms with E-state index in [1.165, 1.54) is 0 Å². The van der Waals surface area contributed by atoms with Crippen molar-refractivity contribution in [1.82, 2.24) is 15.6 Å². The van der Waals surface area contributed by atoms with Crippen LogP contribution in [0.15, 0.2) is 48.8 Å². The smallest absolute Gasteiger partial charge is 0.315 e. The van der Waals surface area contributed by atoms with E-state index in [2.05, 4.69) is 15.6 Å². The highest BCUT2D eigenvalue weighted by atomic mass is 16.3. The Hall–Kier alpha value is -2.40. The van der Waals surface area contributed by atoms with Gasteiger partial charge in [0.1, 0.15) is 0 Å². The first kappa shape index (κ1) is 16.5. The number of nitrogens with one attached hydrogen (secondary N) is 2. The van der Waals surface area contributed by atoms with E-state index in [-0.39, 0.29) is 12.1 Å². The van der Waals surface area contributed by atoms with E-state index >= 15 is 0 Å². The van der Waals surface area contributed by atoms with Gasteiger partial charge in [-0.15, -0.1) is 0 Å². The Morgan fingerprint density at radius 2 is 1.79 bits per heavy atom. The lowest BCUT2D eigenvalue weighted by molar-refractivity contribution is 0.149. The fraction of sp³-hybridized carbons (Fsp3) is 0.368. The van der Waals surface area contributed by atoms with E-state index in [4.69, 9.17) is 0 Å². The number of amides is 2. The van der Waals surface area contributed by atoms with Gasteiger partial charge in [0.2, 0.25) is 0 Å². The zero-order valence-corrected chi connectivity index (χ0v) is 13.8. The molecule has 0 bridgehead atoms. The summed E-state index contributed by atoms with van der Waals surface area (Å²) in [4.78, 5) is 15.9. The first-order chi connectivity index (χ1) is 11.6. The average Bonchev–Trinajstić information content (AvgIpc) is 3.46. The number of pyridine rings is 1. The number of benzene rings is 1. The third-order valence-electron chi connectivity index (χ3n) is 4.41. The van der Waals surface area contributed by atoms with E-state index in [9.17, 15) is 9.90 Å². The first-order valence-corrected chi connectivity index (χ1v) is 8.36. The summed E-state index contributed by atoms with van der Waals surface area (Å²) in [6.45, 7) is 2.25. The molecular formula is C19H23N3O2. The Kier molecular flexibility index (Phi) is 5.11. The van der Waals surface area contributed by atoms with Gasteiger partial charge in [0, 0.05) is 18.9 Å². The third-order valence-corrected chi connectivity index (χ3v) is 4.41. The summed E-state index contributed by atoms with van der Waals surface area (Å²) in [6, 6.07) is 11.7. The molecule has 5 nitrogen and oxygen atoms in total. The second-order valence-electron chi connectivity index (χ2n) is 6.34. The molecular weight excluding hydrogens is 302 g/mol. The van der Waals surface area contributed by atoms with Crippen LogP contribution >= 0.6 is 0 Å². The van der Waals surface area contributed by atoms with Gasteiger partial charge in [0.25, 0.3) is 0 Å². The van der Waals surface area contributed by atoms with Crippen molar-refractivity contribution in [2.75, 3.05) is 6.54 Å². The summed E-state index contributed by atoms with van der Waals surface area (Å²) in [7, 11) is 0. The van der Waals surface area contributed by atoms with Crippen molar-refractivity contribution in [2.45, 2.75) is 31.9 Å². The molecule has 1 heterocycles.